The molecule has 0 bridgehead atoms. The summed E-state index contributed by atoms with van der Waals surface area (Å²) in [7, 11) is 1.73. The fourth-order valence-corrected chi connectivity index (χ4v) is 3.90. The second-order valence-corrected chi connectivity index (χ2v) is 7.81. The molecule has 1 aromatic carbocycles. The Morgan fingerprint density at radius 3 is 2.64 bits per heavy atom. The van der Waals surface area contributed by atoms with E-state index in [0.717, 1.165) is 57.1 Å². The number of aliphatic hydroxyl groups is 1. The molecule has 1 unspecified atom stereocenters. The minimum atomic E-state index is -0.0307. The van der Waals surface area contributed by atoms with Gasteiger partial charge in [0.2, 0.25) is 0 Å². The first kappa shape index (κ1) is 23.2. The van der Waals surface area contributed by atoms with Crippen LogP contribution in [0, 0.1) is 5.41 Å². The van der Waals surface area contributed by atoms with Crippen LogP contribution >= 0.6 is 24.0 Å². The van der Waals surface area contributed by atoms with Gasteiger partial charge in [0.05, 0.1) is 20.3 Å². The molecule has 1 heterocycles. The summed E-state index contributed by atoms with van der Waals surface area (Å²) in [6, 6.07) is 8.30. The molecule has 158 valence electrons. The highest BCUT2D eigenvalue weighted by molar-refractivity contribution is 14.0. The van der Waals surface area contributed by atoms with Crippen molar-refractivity contribution in [3.8, 4) is 5.75 Å². The Labute approximate surface area is 185 Å². The monoisotopic (exact) mass is 503 g/mol. The Kier molecular flexibility index (Phi) is 8.82. The van der Waals surface area contributed by atoms with E-state index in [1.807, 2.05) is 12.1 Å². The van der Waals surface area contributed by atoms with Crippen LogP contribution in [0.2, 0.25) is 0 Å². The minimum absolute atomic E-state index is 0. The molecule has 28 heavy (non-hydrogen) atoms. The van der Waals surface area contributed by atoms with Crippen LogP contribution in [0.25, 0.3) is 0 Å². The van der Waals surface area contributed by atoms with Crippen LogP contribution in [-0.4, -0.2) is 57.6 Å². The van der Waals surface area contributed by atoms with Gasteiger partial charge in [-0.1, -0.05) is 18.2 Å². The lowest BCUT2D eigenvalue weighted by atomic mass is 9.84. The maximum atomic E-state index is 9.41. The fraction of sp³-hybridized carbons (Fsp3) is 0.667. The molecule has 7 heteroatoms. The molecule has 2 fully saturated rings. The Bertz CT molecular complexity index is 644. The predicted octanol–water partition coefficient (Wildman–Crippen LogP) is 2.69. The average Bonchev–Trinajstić information content (AvgIpc) is 3.35. The third-order valence-electron chi connectivity index (χ3n) is 5.87. The summed E-state index contributed by atoms with van der Waals surface area (Å²) in [6.45, 7) is 6.02. The zero-order valence-corrected chi connectivity index (χ0v) is 19.3. The normalized spacial score (nSPS) is 23.0. The molecule has 1 aliphatic carbocycles. The number of aliphatic hydroxyl groups excluding tert-OH is 1. The lowest BCUT2D eigenvalue weighted by Crippen LogP contribution is -2.42. The van der Waals surface area contributed by atoms with Crippen LogP contribution in [-0.2, 0) is 10.2 Å². The van der Waals surface area contributed by atoms with E-state index >= 15 is 0 Å². The molecular weight excluding hydrogens is 469 g/mol. The van der Waals surface area contributed by atoms with Gasteiger partial charge in [-0.2, -0.15) is 0 Å². The molecule has 3 N–H and O–H groups in total. The van der Waals surface area contributed by atoms with Crippen molar-refractivity contribution in [3.05, 3.63) is 29.8 Å². The smallest absolute Gasteiger partial charge is 0.191 e. The van der Waals surface area contributed by atoms with Crippen molar-refractivity contribution in [2.45, 2.75) is 38.0 Å². The molecule has 1 atom stereocenters. The predicted molar refractivity (Wildman–Crippen MR) is 123 cm³/mol. The number of methoxy groups -OCH3 is 1. The summed E-state index contributed by atoms with van der Waals surface area (Å²) in [4.78, 5) is 4.83. The average molecular weight is 503 g/mol. The van der Waals surface area contributed by atoms with Gasteiger partial charge in [-0.15, -0.1) is 24.0 Å². The number of ether oxygens (including phenoxy) is 2. The summed E-state index contributed by atoms with van der Waals surface area (Å²) < 4.78 is 11.1. The van der Waals surface area contributed by atoms with Crippen LogP contribution in [0.4, 0.5) is 0 Å². The van der Waals surface area contributed by atoms with Gasteiger partial charge in [0.25, 0.3) is 0 Å². The van der Waals surface area contributed by atoms with Crippen molar-refractivity contribution < 1.29 is 14.6 Å². The maximum absolute atomic E-state index is 9.41. The number of aliphatic imine (C=N–C) groups is 1. The van der Waals surface area contributed by atoms with Gasteiger partial charge in [0.15, 0.2) is 5.96 Å². The van der Waals surface area contributed by atoms with Gasteiger partial charge in [0, 0.05) is 42.7 Å². The van der Waals surface area contributed by atoms with Crippen LogP contribution in [0.1, 0.15) is 38.2 Å². The number of halogens is 1. The van der Waals surface area contributed by atoms with Crippen molar-refractivity contribution in [2.24, 2.45) is 10.4 Å². The molecule has 0 spiro atoms. The summed E-state index contributed by atoms with van der Waals surface area (Å²) in [5.74, 6) is 1.80. The van der Waals surface area contributed by atoms with Crippen molar-refractivity contribution in [3.63, 3.8) is 0 Å². The van der Waals surface area contributed by atoms with Gasteiger partial charge < -0.3 is 25.2 Å². The summed E-state index contributed by atoms with van der Waals surface area (Å²) in [6.07, 6.45) is 4.01. The number of benzene rings is 1. The first-order valence-corrected chi connectivity index (χ1v) is 10.0. The van der Waals surface area contributed by atoms with E-state index in [9.17, 15) is 5.11 Å². The second-order valence-electron chi connectivity index (χ2n) is 7.81. The Morgan fingerprint density at radius 2 is 2.04 bits per heavy atom. The molecule has 0 aromatic heterocycles. The largest absolute Gasteiger partial charge is 0.496 e. The number of para-hydroxylation sites is 1. The van der Waals surface area contributed by atoms with E-state index in [-0.39, 0.29) is 41.4 Å². The van der Waals surface area contributed by atoms with Crippen LogP contribution in [0.3, 0.4) is 0 Å². The second kappa shape index (κ2) is 10.6. The molecule has 3 rings (SSSR count). The SMILES string of the molecule is CCNC(=NCC1(CCO)CCOC1)NCC1(c2ccccc2OC)CC1.I. The third kappa shape index (κ3) is 5.51. The van der Waals surface area contributed by atoms with Gasteiger partial charge in [-0.05, 0) is 38.7 Å². The van der Waals surface area contributed by atoms with Crippen LogP contribution < -0.4 is 15.4 Å². The van der Waals surface area contributed by atoms with E-state index in [4.69, 9.17) is 14.5 Å². The lowest BCUT2D eigenvalue weighted by molar-refractivity contribution is 0.131. The first-order valence-electron chi connectivity index (χ1n) is 10.0. The topological polar surface area (TPSA) is 75.1 Å². The molecule has 1 saturated carbocycles. The molecular formula is C21H34IN3O3. The van der Waals surface area contributed by atoms with Gasteiger partial charge in [0.1, 0.15) is 5.75 Å². The third-order valence-corrected chi connectivity index (χ3v) is 5.87. The Balaban J connectivity index is 0.00000280. The van der Waals surface area contributed by atoms with Crippen molar-refractivity contribution >= 4 is 29.9 Å². The summed E-state index contributed by atoms with van der Waals surface area (Å²) >= 11 is 0. The number of hydrogen-bond donors (Lipinski definition) is 3. The number of nitrogens with zero attached hydrogens (tertiary/aromatic N) is 1. The highest BCUT2D eigenvalue weighted by atomic mass is 127. The molecule has 1 aliphatic heterocycles. The van der Waals surface area contributed by atoms with Crippen molar-refractivity contribution in [1.82, 2.24) is 10.6 Å². The van der Waals surface area contributed by atoms with Crippen LogP contribution in [0.5, 0.6) is 5.75 Å². The Hall–Kier alpha value is -1.06. The number of guanidine groups is 1. The number of hydrogen-bond acceptors (Lipinski definition) is 4. The zero-order chi connectivity index (χ0) is 19.2. The van der Waals surface area contributed by atoms with E-state index in [1.54, 1.807) is 7.11 Å². The molecule has 0 radical (unpaired) electrons. The Morgan fingerprint density at radius 1 is 1.25 bits per heavy atom. The molecule has 1 saturated heterocycles. The van der Waals surface area contributed by atoms with Crippen LogP contribution in [0.15, 0.2) is 29.3 Å². The molecule has 2 aliphatic rings. The lowest BCUT2D eigenvalue weighted by Gasteiger charge is -2.25. The standard InChI is InChI=1S/C21H33N3O3.HI/c1-3-22-19(23-14-20(10-12-25)11-13-27-16-20)24-15-21(8-9-21)17-6-4-5-7-18(17)26-2;/h4-7,25H,3,8-16H2,1-2H3,(H2,22,23,24);1H. The van der Waals surface area contributed by atoms with Crippen molar-refractivity contribution in [1.29, 1.82) is 0 Å². The van der Waals surface area contributed by atoms with Gasteiger partial charge in [-0.25, -0.2) is 0 Å². The van der Waals surface area contributed by atoms with Gasteiger partial charge >= 0.3 is 0 Å². The van der Waals surface area contributed by atoms with Crippen molar-refractivity contribution in [2.75, 3.05) is 46.6 Å². The fourth-order valence-electron chi connectivity index (χ4n) is 3.90. The first-order chi connectivity index (χ1) is 13.2. The molecule has 1 aromatic rings. The maximum Gasteiger partial charge on any atom is 0.191 e. The highest BCUT2D eigenvalue weighted by Crippen LogP contribution is 2.50. The highest BCUT2D eigenvalue weighted by Gasteiger charge is 2.46. The number of rotatable bonds is 9. The summed E-state index contributed by atoms with van der Waals surface area (Å²) in [5, 5.41) is 16.3. The zero-order valence-electron chi connectivity index (χ0n) is 17.0. The number of nitrogens with one attached hydrogen (secondary N) is 2. The van der Waals surface area contributed by atoms with E-state index < -0.39 is 0 Å². The van der Waals surface area contributed by atoms with Gasteiger partial charge in [-0.3, -0.25) is 4.99 Å². The van der Waals surface area contributed by atoms with E-state index in [0.29, 0.717) is 13.2 Å². The molecule has 6 nitrogen and oxygen atoms in total. The summed E-state index contributed by atoms with van der Waals surface area (Å²) in [5.41, 5.74) is 1.37. The minimum Gasteiger partial charge on any atom is -0.496 e. The molecule has 0 amide bonds. The van der Waals surface area contributed by atoms with E-state index in [1.165, 1.54) is 5.56 Å². The quantitative estimate of drug-likeness (QED) is 0.275. The van der Waals surface area contributed by atoms with E-state index in [2.05, 4.69) is 29.7 Å².